The molecule has 0 fully saturated rings. The molecule has 1 atom stereocenters. The van der Waals surface area contributed by atoms with Crippen LogP contribution in [-0.2, 0) is 13.1 Å². The van der Waals surface area contributed by atoms with Crippen LogP contribution >= 0.6 is 0 Å². The monoisotopic (exact) mass is 467 g/mol. The molecule has 3 aromatic heterocycles. The summed E-state index contributed by atoms with van der Waals surface area (Å²) in [5.41, 5.74) is 2.99. The molecule has 1 aliphatic rings. The van der Waals surface area contributed by atoms with E-state index in [9.17, 15) is 14.4 Å². The first-order valence-corrected chi connectivity index (χ1v) is 11.5. The Kier molecular flexibility index (Phi) is 6.26. The first kappa shape index (κ1) is 22.3. The summed E-state index contributed by atoms with van der Waals surface area (Å²) in [4.78, 5) is 44.6. The van der Waals surface area contributed by atoms with Gasteiger partial charge in [-0.25, -0.2) is 0 Å². The maximum absolute atomic E-state index is 12.7. The van der Waals surface area contributed by atoms with Crippen LogP contribution in [0.25, 0.3) is 6.08 Å². The molecule has 0 saturated carbocycles. The Balaban J connectivity index is 1.23. The molecule has 8 nitrogen and oxygen atoms in total. The number of pyridine rings is 2. The van der Waals surface area contributed by atoms with Crippen molar-refractivity contribution in [1.82, 2.24) is 19.4 Å². The van der Waals surface area contributed by atoms with Crippen LogP contribution in [0, 0.1) is 5.92 Å². The van der Waals surface area contributed by atoms with Gasteiger partial charge in [0.1, 0.15) is 5.49 Å². The first-order valence-electron chi connectivity index (χ1n) is 11.5. The van der Waals surface area contributed by atoms with E-state index < -0.39 is 0 Å². The van der Waals surface area contributed by atoms with E-state index in [4.69, 9.17) is 0 Å². The molecule has 0 saturated heterocycles. The molecule has 176 valence electrons. The normalized spacial score (nSPS) is 14.5. The van der Waals surface area contributed by atoms with E-state index in [2.05, 4.69) is 21.4 Å². The number of H-pyrrole nitrogens is 1. The zero-order chi connectivity index (χ0) is 24.2. The molecule has 0 spiro atoms. The number of hydrogen-bond donors (Lipinski definition) is 2. The van der Waals surface area contributed by atoms with Gasteiger partial charge in [0, 0.05) is 54.9 Å². The number of rotatable bonds is 7. The van der Waals surface area contributed by atoms with Crippen LogP contribution in [-0.4, -0.2) is 33.1 Å². The van der Waals surface area contributed by atoms with Gasteiger partial charge in [0.15, 0.2) is 0 Å². The second-order valence-corrected chi connectivity index (χ2v) is 8.63. The Hall–Kier alpha value is -4.46. The van der Waals surface area contributed by atoms with Crippen molar-refractivity contribution in [2.45, 2.75) is 13.1 Å². The van der Waals surface area contributed by atoms with Crippen LogP contribution in [0.1, 0.15) is 21.5 Å². The lowest BCUT2D eigenvalue weighted by Gasteiger charge is -2.14. The van der Waals surface area contributed by atoms with Crippen molar-refractivity contribution in [3.8, 4) is 0 Å². The predicted molar refractivity (Wildman–Crippen MR) is 133 cm³/mol. The summed E-state index contributed by atoms with van der Waals surface area (Å²) >= 11 is 0. The van der Waals surface area contributed by atoms with Gasteiger partial charge in [-0.2, -0.15) is 0 Å². The van der Waals surface area contributed by atoms with Crippen molar-refractivity contribution in [2.24, 2.45) is 10.9 Å². The van der Waals surface area contributed by atoms with E-state index in [1.807, 2.05) is 42.6 Å². The minimum atomic E-state index is -0.226. The van der Waals surface area contributed by atoms with E-state index in [1.165, 1.54) is 16.7 Å². The minimum Gasteiger partial charge on any atom is -0.351 e. The van der Waals surface area contributed by atoms with Gasteiger partial charge in [0.25, 0.3) is 17.0 Å². The quantitative estimate of drug-likeness (QED) is 0.422. The fourth-order valence-corrected chi connectivity index (χ4v) is 4.13. The largest absolute Gasteiger partial charge is 0.351 e. The lowest BCUT2D eigenvalue weighted by atomic mass is 10.1. The number of carbonyl (C=O) groups excluding carboxylic acids is 1. The molecule has 8 heteroatoms. The lowest BCUT2D eigenvalue weighted by molar-refractivity contribution is 0.0950. The van der Waals surface area contributed by atoms with Crippen LogP contribution in [0.3, 0.4) is 0 Å². The lowest BCUT2D eigenvalue weighted by Crippen LogP contribution is -2.36. The fraction of sp³-hybridized carbons (Fsp3) is 0.185. The highest BCUT2D eigenvalue weighted by Gasteiger charge is 2.13. The second-order valence-electron chi connectivity index (χ2n) is 8.63. The Bertz CT molecular complexity index is 1600. The Morgan fingerprint density at radius 2 is 1.69 bits per heavy atom. The number of fused-ring (bicyclic) bond motifs is 1. The fourth-order valence-electron chi connectivity index (χ4n) is 4.13. The molecule has 0 bridgehead atoms. The molecule has 2 N–H and O–H groups in total. The zero-order valence-corrected chi connectivity index (χ0v) is 19.1. The molecular weight excluding hydrogens is 442 g/mol. The summed E-state index contributed by atoms with van der Waals surface area (Å²) in [6.07, 6.45) is 7.31. The van der Waals surface area contributed by atoms with Crippen LogP contribution in [0.5, 0.6) is 0 Å². The molecule has 4 heterocycles. The average Bonchev–Trinajstić information content (AvgIpc) is 3.34. The topological polar surface area (TPSA) is 101 Å². The summed E-state index contributed by atoms with van der Waals surface area (Å²) in [7, 11) is 0. The molecule has 1 aliphatic heterocycles. The standard InChI is InChI=1S/C27H25N5O3/c33-24-3-1-2-12-31(24)16-19-4-6-20(7-5-19)17-32-18-23(8-9-25(32)34)27(35)30-15-21-13-22-10-11-28-26(22)29-14-21/h1-13,18,21H,14-17H2,(H,28,29)(H,30,35). The number of aromatic nitrogens is 3. The predicted octanol–water partition coefficient (Wildman–Crippen LogP) is 0.895. The molecule has 35 heavy (non-hydrogen) atoms. The van der Waals surface area contributed by atoms with Gasteiger partial charge in [0.2, 0.25) is 0 Å². The van der Waals surface area contributed by atoms with E-state index in [1.54, 1.807) is 29.1 Å². The van der Waals surface area contributed by atoms with Crippen molar-refractivity contribution < 1.29 is 4.79 Å². The third kappa shape index (κ3) is 5.22. The smallest absolute Gasteiger partial charge is 0.252 e. The molecule has 1 aromatic carbocycles. The maximum Gasteiger partial charge on any atom is 0.252 e. The van der Waals surface area contributed by atoms with Crippen molar-refractivity contribution in [3.05, 3.63) is 127 Å². The number of benzene rings is 1. The summed E-state index contributed by atoms with van der Waals surface area (Å²) in [6, 6.07) is 17.8. The van der Waals surface area contributed by atoms with E-state index in [-0.39, 0.29) is 22.9 Å². The second kappa shape index (κ2) is 9.80. The molecule has 0 radical (unpaired) electrons. The third-order valence-electron chi connectivity index (χ3n) is 6.05. The zero-order valence-electron chi connectivity index (χ0n) is 19.1. The Labute approximate surface area is 200 Å². The summed E-state index contributed by atoms with van der Waals surface area (Å²) < 4.78 is 3.16. The highest BCUT2D eigenvalue weighted by atomic mass is 16.2. The maximum atomic E-state index is 12.7. The van der Waals surface area contributed by atoms with Crippen LogP contribution < -0.4 is 27.1 Å². The van der Waals surface area contributed by atoms with Gasteiger partial charge < -0.3 is 19.4 Å². The van der Waals surface area contributed by atoms with Crippen molar-refractivity contribution in [2.75, 3.05) is 13.1 Å². The average molecular weight is 468 g/mol. The highest BCUT2D eigenvalue weighted by molar-refractivity contribution is 5.93. The molecular formula is C27H25N5O3. The van der Waals surface area contributed by atoms with E-state index >= 15 is 0 Å². The number of carbonyl (C=O) groups is 1. The summed E-state index contributed by atoms with van der Waals surface area (Å²) in [5.74, 6) is -0.103. The SMILES string of the molecule is O=C(NCC1C=c2cc[nH]c2=NC1)c1ccc(=O)n(Cc2ccc(Cn3ccccc3=O)cc2)c1. The number of amides is 1. The van der Waals surface area contributed by atoms with Gasteiger partial charge in [-0.05, 0) is 29.3 Å². The first-order chi connectivity index (χ1) is 17.0. The highest BCUT2D eigenvalue weighted by Crippen LogP contribution is 2.08. The number of aromatic amines is 1. The van der Waals surface area contributed by atoms with Crippen LogP contribution in [0.2, 0.25) is 0 Å². The van der Waals surface area contributed by atoms with Crippen molar-refractivity contribution >= 4 is 12.0 Å². The molecule has 4 aromatic rings. The van der Waals surface area contributed by atoms with Gasteiger partial charge in [-0.1, -0.05) is 36.4 Å². The van der Waals surface area contributed by atoms with E-state index in [0.29, 0.717) is 31.7 Å². The van der Waals surface area contributed by atoms with Gasteiger partial charge in [0.05, 0.1) is 18.7 Å². The van der Waals surface area contributed by atoms with Crippen LogP contribution in [0.15, 0.2) is 93.8 Å². The van der Waals surface area contributed by atoms with Gasteiger partial charge >= 0.3 is 0 Å². The number of nitrogens with one attached hydrogen (secondary N) is 2. The van der Waals surface area contributed by atoms with Crippen LogP contribution in [0.4, 0.5) is 0 Å². The molecule has 0 aliphatic carbocycles. The van der Waals surface area contributed by atoms with Gasteiger partial charge in [-0.15, -0.1) is 0 Å². The minimum absolute atomic E-state index is 0.0526. The third-order valence-corrected chi connectivity index (χ3v) is 6.05. The Morgan fingerprint density at radius 1 is 0.943 bits per heavy atom. The molecule has 1 unspecified atom stereocenters. The summed E-state index contributed by atoms with van der Waals surface area (Å²) in [5, 5.41) is 4.00. The number of hydrogen-bond acceptors (Lipinski definition) is 4. The summed E-state index contributed by atoms with van der Waals surface area (Å²) in [6.45, 7) is 1.91. The molecule has 1 amide bonds. The number of nitrogens with zero attached hydrogens (tertiary/aromatic N) is 3. The van der Waals surface area contributed by atoms with Crippen molar-refractivity contribution in [1.29, 1.82) is 0 Å². The Morgan fingerprint density at radius 3 is 2.46 bits per heavy atom. The van der Waals surface area contributed by atoms with Gasteiger partial charge in [-0.3, -0.25) is 19.4 Å². The molecule has 5 rings (SSSR count). The van der Waals surface area contributed by atoms with Crippen molar-refractivity contribution in [3.63, 3.8) is 0 Å². The van der Waals surface area contributed by atoms with E-state index in [0.717, 1.165) is 21.8 Å².